The topological polar surface area (TPSA) is 161 Å². The van der Waals surface area contributed by atoms with E-state index in [1.54, 1.807) is 0 Å². The van der Waals surface area contributed by atoms with Crippen LogP contribution in [-0.4, -0.2) is 102 Å². The van der Waals surface area contributed by atoms with Crippen LogP contribution in [0.25, 0.3) is 22.4 Å². The predicted octanol–water partition coefficient (Wildman–Crippen LogP) is 3.72. The van der Waals surface area contributed by atoms with Gasteiger partial charge in [0.05, 0.1) is 11.6 Å². The quantitative estimate of drug-likeness (QED) is 0.147. The third-order valence-corrected chi connectivity index (χ3v) is 7.31. The van der Waals surface area contributed by atoms with Gasteiger partial charge in [-0.3, -0.25) is 19.0 Å². The Morgan fingerprint density at radius 3 is 2.31 bits per heavy atom. The predicted molar refractivity (Wildman–Crippen MR) is 176 cm³/mol. The van der Waals surface area contributed by atoms with E-state index in [2.05, 4.69) is 32.7 Å². The summed E-state index contributed by atoms with van der Waals surface area (Å²) in [5, 5.41) is 7.59. The first-order chi connectivity index (χ1) is 21.5. The van der Waals surface area contributed by atoms with E-state index in [0.29, 0.717) is 55.4 Å². The third-order valence-electron chi connectivity index (χ3n) is 7.05. The number of carbonyl (C=O) groups is 2. The third kappa shape index (κ3) is 10.8. The van der Waals surface area contributed by atoms with Crippen molar-refractivity contribution in [3.63, 3.8) is 0 Å². The molecule has 14 heteroatoms. The standard InChI is InChI=1S/C30H34ClN7O2.CH4O3S/c1-21(39)32-13-14-33-28-25-20-26(34-29(25)36-27(35-28)23-7-3-2-4-8-23)30(40)38-18-16-37(17-19-38)15-5-6-22-9-11-24(31)12-10-22;1-5(2,3)4/h2-4,7-12,20H,5-6,13-19H2,1H3,(H,32,39)(H2,33,34,35,36);1H3,(H,2,3,4). The molecule has 0 spiro atoms. The van der Waals surface area contributed by atoms with E-state index in [1.807, 2.05) is 53.4 Å². The molecule has 4 aromatic rings. The van der Waals surface area contributed by atoms with Crippen molar-refractivity contribution in [2.75, 3.05) is 57.4 Å². The second-order valence-corrected chi connectivity index (χ2v) is 12.6. The number of piperazine rings is 1. The highest BCUT2D eigenvalue weighted by Crippen LogP contribution is 2.26. The monoisotopic (exact) mass is 655 g/mol. The van der Waals surface area contributed by atoms with Crippen LogP contribution in [0.3, 0.4) is 0 Å². The number of aromatic nitrogens is 3. The number of nitrogens with zero attached hydrogens (tertiary/aromatic N) is 4. The number of halogens is 1. The van der Waals surface area contributed by atoms with Crippen LogP contribution in [0, 0.1) is 0 Å². The Morgan fingerprint density at radius 1 is 1.00 bits per heavy atom. The van der Waals surface area contributed by atoms with Gasteiger partial charge in [0.25, 0.3) is 16.0 Å². The van der Waals surface area contributed by atoms with Crippen molar-refractivity contribution in [1.82, 2.24) is 30.1 Å². The molecular weight excluding hydrogens is 618 g/mol. The van der Waals surface area contributed by atoms with E-state index in [1.165, 1.54) is 12.5 Å². The van der Waals surface area contributed by atoms with E-state index in [9.17, 15) is 18.0 Å². The minimum Gasteiger partial charge on any atom is -0.368 e. The lowest BCUT2D eigenvalue weighted by Crippen LogP contribution is -2.49. The summed E-state index contributed by atoms with van der Waals surface area (Å²) in [5.41, 5.74) is 3.26. The SMILES string of the molecule is CC(=O)NCCNc1nc(-c2ccccc2)nc2[nH]c(C(=O)N3CCN(CCCc4ccc(Cl)cc4)CC3)cc12.CS(=O)(=O)O. The number of benzene rings is 2. The van der Waals surface area contributed by atoms with Gasteiger partial charge in [-0.1, -0.05) is 54.1 Å². The van der Waals surface area contributed by atoms with Gasteiger partial charge in [0.1, 0.15) is 17.2 Å². The fourth-order valence-corrected chi connectivity index (χ4v) is 5.02. The molecule has 0 atom stereocenters. The Hall–Kier alpha value is -4.04. The first-order valence-electron chi connectivity index (χ1n) is 14.6. The molecule has 4 N–H and O–H groups in total. The molecule has 1 saturated heterocycles. The first kappa shape index (κ1) is 33.8. The second-order valence-electron chi connectivity index (χ2n) is 10.7. The van der Waals surface area contributed by atoms with Gasteiger partial charge < -0.3 is 20.5 Å². The van der Waals surface area contributed by atoms with E-state index >= 15 is 0 Å². The summed E-state index contributed by atoms with van der Waals surface area (Å²) in [4.78, 5) is 41.7. The van der Waals surface area contributed by atoms with Crippen LogP contribution < -0.4 is 10.6 Å². The Balaban J connectivity index is 0.000000854. The summed E-state index contributed by atoms with van der Waals surface area (Å²) in [6.45, 7) is 6.50. The number of rotatable bonds is 10. The van der Waals surface area contributed by atoms with E-state index in [0.717, 1.165) is 48.4 Å². The molecule has 3 heterocycles. The number of nitrogens with one attached hydrogen (secondary N) is 3. The van der Waals surface area contributed by atoms with Gasteiger partial charge in [0.2, 0.25) is 5.91 Å². The van der Waals surface area contributed by atoms with Crippen LogP contribution in [0.4, 0.5) is 5.82 Å². The number of amides is 2. The van der Waals surface area contributed by atoms with Crippen LogP contribution in [0.1, 0.15) is 29.4 Å². The van der Waals surface area contributed by atoms with Crippen LogP contribution >= 0.6 is 11.6 Å². The molecule has 0 aliphatic carbocycles. The highest BCUT2D eigenvalue weighted by Gasteiger charge is 2.24. The second kappa shape index (κ2) is 15.8. The Morgan fingerprint density at radius 2 is 1.67 bits per heavy atom. The molecule has 12 nitrogen and oxygen atoms in total. The molecule has 0 unspecified atom stereocenters. The Kier molecular flexibility index (Phi) is 11.9. The van der Waals surface area contributed by atoms with Crippen molar-refractivity contribution >= 4 is 50.4 Å². The smallest absolute Gasteiger partial charge is 0.270 e. The summed E-state index contributed by atoms with van der Waals surface area (Å²) in [6, 6.07) is 19.6. The van der Waals surface area contributed by atoms with Gasteiger partial charge in [-0.05, 0) is 43.1 Å². The highest BCUT2D eigenvalue weighted by atomic mass is 35.5. The molecule has 240 valence electrons. The van der Waals surface area contributed by atoms with E-state index in [-0.39, 0.29) is 11.8 Å². The summed E-state index contributed by atoms with van der Waals surface area (Å²) in [7, 11) is -3.67. The molecule has 5 rings (SSSR count). The Bertz CT molecular complexity index is 1680. The number of fused-ring (bicyclic) bond motifs is 1. The number of carbonyl (C=O) groups excluding carboxylic acids is 2. The number of aryl methyl sites for hydroxylation is 1. The van der Waals surface area contributed by atoms with Crippen molar-refractivity contribution in [2.45, 2.75) is 19.8 Å². The van der Waals surface area contributed by atoms with Crippen LogP contribution in [-0.2, 0) is 21.3 Å². The van der Waals surface area contributed by atoms with Crippen LogP contribution in [0.5, 0.6) is 0 Å². The van der Waals surface area contributed by atoms with Gasteiger partial charge in [0, 0.05) is 56.8 Å². The molecule has 0 bridgehead atoms. The maximum atomic E-state index is 13.5. The number of aromatic amines is 1. The van der Waals surface area contributed by atoms with Gasteiger partial charge in [-0.25, -0.2) is 9.97 Å². The van der Waals surface area contributed by atoms with Crippen LogP contribution in [0.15, 0.2) is 60.7 Å². The van der Waals surface area contributed by atoms with Gasteiger partial charge in [-0.2, -0.15) is 8.42 Å². The maximum Gasteiger partial charge on any atom is 0.270 e. The van der Waals surface area contributed by atoms with Crippen molar-refractivity contribution in [3.05, 3.63) is 76.9 Å². The zero-order valence-electron chi connectivity index (χ0n) is 25.3. The van der Waals surface area contributed by atoms with Crippen molar-refractivity contribution in [1.29, 1.82) is 0 Å². The van der Waals surface area contributed by atoms with Crippen molar-refractivity contribution in [2.24, 2.45) is 0 Å². The summed E-state index contributed by atoms with van der Waals surface area (Å²) in [6.07, 6.45) is 2.79. The average Bonchev–Trinajstić information content (AvgIpc) is 3.44. The number of hydrogen-bond acceptors (Lipinski definition) is 8. The van der Waals surface area contributed by atoms with Gasteiger partial charge >= 0.3 is 0 Å². The lowest BCUT2D eigenvalue weighted by molar-refractivity contribution is -0.118. The summed E-state index contributed by atoms with van der Waals surface area (Å²) >= 11 is 5.98. The lowest BCUT2D eigenvalue weighted by atomic mass is 10.1. The van der Waals surface area contributed by atoms with Gasteiger partial charge in [0.15, 0.2) is 5.82 Å². The summed E-state index contributed by atoms with van der Waals surface area (Å²) in [5.74, 6) is 1.05. The fourth-order valence-electron chi connectivity index (χ4n) is 4.90. The number of H-pyrrole nitrogens is 1. The maximum absolute atomic E-state index is 13.5. The minimum atomic E-state index is -3.67. The Labute approximate surface area is 267 Å². The first-order valence-corrected chi connectivity index (χ1v) is 16.8. The number of hydrogen-bond donors (Lipinski definition) is 4. The van der Waals surface area contributed by atoms with Crippen LogP contribution in [0.2, 0.25) is 5.02 Å². The summed E-state index contributed by atoms with van der Waals surface area (Å²) < 4.78 is 25.9. The average molecular weight is 656 g/mol. The zero-order chi connectivity index (χ0) is 32.4. The fraction of sp³-hybridized carbons (Fsp3) is 0.355. The molecule has 0 radical (unpaired) electrons. The normalized spacial score (nSPS) is 13.6. The van der Waals surface area contributed by atoms with Crippen molar-refractivity contribution in [3.8, 4) is 11.4 Å². The molecule has 2 aromatic heterocycles. The molecule has 45 heavy (non-hydrogen) atoms. The van der Waals surface area contributed by atoms with Gasteiger partial charge in [-0.15, -0.1) is 0 Å². The molecule has 2 aromatic carbocycles. The molecule has 1 aliphatic rings. The molecular formula is C31H38ClN7O5S. The molecule has 1 fully saturated rings. The highest BCUT2D eigenvalue weighted by molar-refractivity contribution is 7.85. The van der Waals surface area contributed by atoms with E-state index < -0.39 is 10.1 Å². The largest absolute Gasteiger partial charge is 0.368 e. The molecule has 2 amide bonds. The number of anilines is 1. The zero-order valence-corrected chi connectivity index (χ0v) is 26.9. The molecule has 1 aliphatic heterocycles. The lowest BCUT2D eigenvalue weighted by Gasteiger charge is -2.34. The molecule has 0 saturated carbocycles. The minimum absolute atomic E-state index is 0.0377. The van der Waals surface area contributed by atoms with Crippen molar-refractivity contribution < 1.29 is 22.6 Å². The van der Waals surface area contributed by atoms with E-state index in [4.69, 9.17) is 26.1 Å².